The molecule has 0 spiro atoms. The van der Waals surface area contributed by atoms with Crippen molar-refractivity contribution in [2.75, 3.05) is 10.7 Å². The van der Waals surface area contributed by atoms with Crippen LogP contribution in [0.3, 0.4) is 0 Å². The molecule has 0 heterocycles. The number of halogens is 1. The first-order valence-electron chi connectivity index (χ1n) is 6.75. The minimum atomic E-state index is -0.544. The monoisotopic (exact) mass is 374 g/mol. The number of para-hydroxylation sites is 1. The molecular weight excluding hydrogens is 360 g/mol. The second-order valence-electron chi connectivity index (χ2n) is 4.58. The predicted molar refractivity (Wildman–Crippen MR) is 95.2 cm³/mol. The van der Waals surface area contributed by atoms with Crippen LogP contribution in [-0.2, 0) is 4.79 Å². The number of amides is 1. The van der Waals surface area contributed by atoms with E-state index in [-0.39, 0.29) is 11.4 Å². The first-order valence-corrected chi connectivity index (χ1v) is 7.54. The lowest BCUT2D eigenvalue weighted by molar-refractivity contribution is -0.110. The molecule has 3 N–H and O–H groups in total. The molecule has 23 heavy (non-hydrogen) atoms. The molecule has 0 saturated carbocycles. The Hall–Kier alpha value is -2.67. The first kappa shape index (κ1) is 16.7. The zero-order valence-corrected chi connectivity index (χ0v) is 13.9. The summed E-state index contributed by atoms with van der Waals surface area (Å²) in [6.07, 6.45) is 0. The van der Waals surface area contributed by atoms with Gasteiger partial charge in [0.05, 0.1) is 11.4 Å². The van der Waals surface area contributed by atoms with Crippen LogP contribution >= 0.6 is 15.9 Å². The van der Waals surface area contributed by atoms with Crippen LogP contribution in [0.4, 0.5) is 11.4 Å². The largest absolute Gasteiger partial charge is 0.410 e. The number of hydrazone groups is 1. The minimum Gasteiger partial charge on any atom is -0.410 e. The lowest BCUT2D eigenvalue weighted by Crippen LogP contribution is -2.29. The summed E-state index contributed by atoms with van der Waals surface area (Å²) in [4.78, 5) is 12.1. The molecule has 0 aliphatic carbocycles. The molecular formula is C16H15BrN4O2. The summed E-state index contributed by atoms with van der Waals surface area (Å²) in [6, 6.07) is 16.3. The van der Waals surface area contributed by atoms with E-state index in [1.807, 2.05) is 30.3 Å². The lowest BCUT2D eigenvalue weighted by atomic mass is 10.2. The van der Waals surface area contributed by atoms with Gasteiger partial charge in [-0.1, -0.05) is 39.3 Å². The summed E-state index contributed by atoms with van der Waals surface area (Å²) in [5.41, 5.74) is 4.23. The molecule has 0 radical (unpaired) electrons. The molecule has 0 fully saturated rings. The van der Waals surface area contributed by atoms with Crippen molar-refractivity contribution < 1.29 is 10.0 Å². The summed E-state index contributed by atoms with van der Waals surface area (Å²) in [5.74, 6) is -0.544. The average Bonchev–Trinajstić information content (AvgIpc) is 2.56. The number of nitrogens with one attached hydrogen (secondary N) is 2. The maximum atomic E-state index is 12.1. The van der Waals surface area contributed by atoms with E-state index < -0.39 is 5.91 Å². The third kappa shape index (κ3) is 4.93. The van der Waals surface area contributed by atoms with Crippen LogP contribution in [0.15, 0.2) is 69.3 Å². The number of nitrogens with zero attached hydrogens (tertiary/aromatic N) is 2. The van der Waals surface area contributed by atoms with E-state index in [0.29, 0.717) is 5.69 Å². The molecule has 0 aromatic heterocycles. The summed E-state index contributed by atoms with van der Waals surface area (Å²) >= 11 is 3.34. The van der Waals surface area contributed by atoms with Gasteiger partial charge in [-0.2, -0.15) is 5.10 Å². The second kappa shape index (κ2) is 8.09. The molecule has 0 unspecified atom stereocenters. The predicted octanol–water partition coefficient (Wildman–Crippen LogP) is 3.71. The normalized spacial score (nSPS) is 11.9. The van der Waals surface area contributed by atoms with Crippen molar-refractivity contribution in [3.05, 3.63) is 59.1 Å². The Kier molecular flexibility index (Phi) is 5.87. The fraction of sp³-hybridized carbons (Fsp3) is 0.0625. The highest BCUT2D eigenvalue weighted by atomic mass is 79.9. The van der Waals surface area contributed by atoms with E-state index in [1.165, 1.54) is 0 Å². The average molecular weight is 375 g/mol. The smallest absolute Gasteiger partial charge is 0.279 e. The van der Waals surface area contributed by atoms with Crippen LogP contribution in [0.1, 0.15) is 6.92 Å². The van der Waals surface area contributed by atoms with Crippen LogP contribution in [0.2, 0.25) is 0 Å². The molecule has 2 aromatic carbocycles. The maximum absolute atomic E-state index is 12.1. The molecule has 6 nitrogen and oxygen atoms in total. The Labute approximate surface area is 142 Å². The number of carbonyl (C=O) groups is 1. The van der Waals surface area contributed by atoms with Gasteiger partial charge < -0.3 is 10.5 Å². The molecule has 0 aliphatic heterocycles. The molecule has 7 heteroatoms. The summed E-state index contributed by atoms with van der Waals surface area (Å²) in [6.45, 7) is 1.57. The molecule has 2 rings (SSSR count). The fourth-order valence-electron chi connectivity index (χ4n) is 1.72. The van der Waals surface area contributed by atoms with E-state index >= 15 is 0 Å². The van der Waals surface area contributed by atoms with Crippen LogP contribution in [0, 0.1) is 0 Å². The van der Waals surface area contributed by atoms with Gasteiger partial charge in [-0.15, -0.1) is 0 Å². The Morgan fingerprint density at radius 3 is 2.30 bits per heavy atom. The zero-order chi connectivity index (χ0) is 16.7. The van der Waals surface area contributed by atoms with Crippen LogP contribution in [-0.4, -0.2) is 22.5 Å². The van der Waals surface area contributed by atoms with Crippen molar-refractivity contribution in [1.29, 1.82) is 0 Å². The standard InChI is InChI=1S/C16H15BrN4O2/c1-11(19-20-14-9-7-12(17)8-10-14)15(21-23)16(22)18-13-5-3-2-4-6-13/h2-10,20,23H,1H3,(H,18,22)/b19-11-,21-15-. The topological polar surface area (TPSA) is 86.1 Å². The van der Waals surface area contributed by atoms with Crippen molar-refractivity contribution in [1.82, 2.24) is 0 Å². The van der Waals surface area contributed by atoms with Gasteiger partial charge in [0, 0.05) is 10.2 Å². The molecule has 118 valence electrons. The van der Waals surface area contributed by atoms with Crippen molar-refractivity contribution >= 4 is 44.6 Å². The molecule has 0 saturated heterocycles. The highest BCUT2D eigenvalue weighted by Crippen LogP contribution is 2.14. The highest BCUT2D eigenvalue weighted by Gasteiger charge is 2.16. The summed E-state index contributed by atoms with van der Waals surface area (Å²) in [5, 5.41) is 18.8. The number of rotatable bonds is 5. The number of benzene rings is 2. The molecule has 1 amide bonds. The zero-order valence-electron chi connectivity index (χ0n) is 12.3. The van der Waals surface area contributed by atoms with E-state index in [2.05, 4.69) is 36.9 Å². The molecule has 0 atom stereocenters. The lowest BCUT2D eigenvalue weighted by Gasteiger charge is -2.07. The van der Waals surface area contributed by atoms with E-state index in [1.54, 1.807) is 31.2 Å². The van der Waals surface area contributed by atoms with Gasteiger partial charge in [0.15, 0.2) is 5.71 Å². The Morgan fingerprint density at radius 2 is 1.70 bits per heavy atom. The van der Waals surface area contributed by atoms with Crippen LogP contribution in [0.25, 0.3) is 0 Å². The Balaban J connectivity index is 2.05. The van der Waals surface area contributed by atoms with E-state index in [0.717, 1.165) is 10.2 Å². The first-order chi connectivity index (χ1) is 11.1. The van der Waals surface area contributed by atoms with Gasteiger partial charge in [-0.3, -0.25) is 10.2 Å². The third-order valence-corrected chi connectivity index (χ3v) is 3.42. The Bertz CT molecular complexity index is 728. The fourth-order valence-corrected chi connectivity index (χ4v) is 1.98. The number of carbonyl (C=O) groups excluding carboxylic acids is 1. The maximum Gasteiger partial charge on any atom is 0.279 e. The van der Waals surface area contributed by atoms with Crippen LogP contribution in [0.5, 0.6) is 0 Å². The van der Waals surface area contributed by atoms with Crippen molar-refractivity contribution in [2.24, 2.45) is 10.3 Å². The van der Waals surface area contributed by atoms with Crippen LogP contribution < -0.4 is 10.7 Å². The van der Waals surface area contributed by atoms with Gasteiger partial charge in [0.1, 0.15) is 0 Å². The number of anilines is 2. The second-order valence-corrected chi connectivity index (χ2v) is 5.50. The van der Waals surface area contributed by atoms with E-state index in [9.17, 15) is 4.79 Å². The quantitative estimate of drug-likeness (QED) is 0.423. The van der Waals surface area contributed by atoms with Crippen molar-refractivity contribution in [3.8, 4) is 0 Å². The van der Waals surface area contributed by atoms with Gasteiger partial charge in [0.25, 0.3) is 5.91 Å². The number of oxime groups is 1. The van der Waals surface area contributed by atoms with Gasteiger partial charge in [0.2, 0.25) is 0 Å². The van der Waals surface area contributed by atoms with Crippen molar-refractivity contribution in [2.45, 2.75) is 6.92 Å². The van der Waals surface area contributed by atoms with Gasteiger partial charge >= 0.3 is 0 Å². The SMILES string of the molecule is CC(=N/Nc1ccc(Br)cc1)/C(=N/O)C(=O)Nc1ccccc1. The number of hydrogen-bond donors (Lipinski definition) is 3. The summed E-state index contributed by atoms with van der Waals surface area (Å²) < 4.78 is 0.948. The highest BCUT2D eigenvalue weighted by molar-refractivity contribution is 9.10. The molecule has 0 aliphatic rings. The van der Waals surface area contributed by atoms with Gasteiger partial charge in [-0.05, 0) is 43.3 Å². The number of hydrogen-bond acceptors (Lipinski definition) is 5. The summed E-state index contributed by atoms with van der Waals surface area (Å²) in [7, 11) is 0. The third-order valence-electron chi connectivity index (χ3n) is 2.89. The molecule has 2 aromatic rings. The minimum absolute atomic E-state index is 0.168. The molecule has 0 bridgehead atoms. The van der Waals surface area contributed by atoms with Crippen molar-refractivity contribution in [3.63, 3.8) is 0 Å². The van der Waals surface area contributed by atoms with E-state index in [4.69, 9.17) is 5.21 Å². The van der Waals surface area contributed by atoms with Gasteiger partial charge in [-0.25, -0.2) is 0 Å². The Morgan fingerprint density at radius 1 is 1.04 bits per heavy atom.